The predicted octanol–water partition coefficient (Wildman–Crippen LogP) is 2.57. The maximum Gasteiger partial charge on any atom is 0.341 e. The molecule has 0 aliphatic carbocycles. The summed E-state index contributed by atoms with van der Waals surface area (Å²) in [6.45, 7) is 5.02. The van der Waals surface area contributed by atoms with Crippen LogP contribution in [-0.2, 0) is 9.53 Å². The van der Waals surface area contributed by atoms with Gasteiger partial charge < -0.3 is 24.0 Å². The average molecular weight is 418 g/mol. The molecule has 2 aliphatic heterocycles. The van der Waals surface area contributed by atoms with Crippen molar-refractivity contribution in [2.24, 2.45) is 5.92 Å². The second-order valence-corrected chi connectivity index (χ2v) is 7.69. The number of hydrogen-bond donors (Lipinski definition) is 1. The minimum atomic E-state index is -1.35. The van der Waals surface area contributed by atoms with Crippen LogP contribution in [0.5, 0.6) is 5.75 Å². The van der Waals surface area contributed by atoms with E-state index in [1.807, 2.05) is 11.8 Å². The molecule has 1 aromatic heterocycles. The average Bonchev–Trinajstić information content (AvgIpc) is 2.72. The first-order valence-electron chi connectivity index (χ1n) is 10.0. The Balaban J connectivity index is 1.79. The van der Waals surface area contributed by atoms with Gasteiger partial charge in [0.05, 0.1) is 29.5 Å². The van der Waals surface area contributed by atoms with Crippen LogP contribution in [0.4, 0.5) is 10.1 Å². The molecule has 8 nitrogen and oxygen atoms in total. The molecule has 9 heteroatoms. The lowest BCUT2D eigenvalue weighted by atomic mass is 9.96. The molecule has 2 aromatic rings. The third-order valence-electron chi connectivity index (χ3n) is 5.80. The molecule has 1 aromatic carbocycles. The fraction of sp³-hybridized carbons (Fsp3) is 0.476. The van der Waals surface area contributed by atoms with E-state index in [0.717, 1.165) is 6.07 Å². The van der Waals surface area contributed by atoms with Crippen LogP contribution in [0.15, 0.2) is 17.1 Å². The summed E-state index contributed by atoms with van der Waals surface area (Å²) in [6, 6.07) is 0.879. The van der Waals surface area contributed by atoms with Gasteiger partial charge in [-0.1, -0.05) is 0 Å². The summed E-state index contributed by atoms with van der Waals surface area (Å²) in [5, 5.41) is 9.36. The molecule has 1 unspecified atom stereocenters. The molecule has 1 fully saturated rings. The molecular formula is C21H23FN2O6. The van der Waals surface area contributed by atoms with Crippen molar-refractivity contribution in [3.63, 3.8) is 0 Å². The summed E-state index contributed by atoms with van der Waals surface area (Å²) in [7, 11) is 0. The van der Waals surface area contributed by atoms with Gasteiger partial charge >= 0.3 is 11.9 Å². The number of ether oxygens (including phenoxy) is 2. The number of carbonyl (C=O) groups is 2. The molecular weight excluding hydrogens is 395 g/mol. The van der Waals surface area contributed by atoms with Crippen LogP contribution in [-0.4, -0.2) is 47.9 Å². The molecule has 2 aliphatic rings. The molecule has 0 saturated carbocycles. The third-order valence-corrected chi connectivity index (χ3v) is 5.80. The second kappa shape index (κ2) is 7.62. The van der Waals surface area contributed by atoms with Crippen molar-refractivity contribution in [2.45, 2.75) is 32.7 Å². The normalized spacial score (nSPS) is 18.9. The number of rotatable bonds is 4. The van der Waals surface area contributed by atoms with E-state index in [2.05, 4.69) is 0 Å². The molecule has 0 bridgehead atoms. The lowest BCUT2D eigenvalue weighted by Gasteiger charge is -2.36. The van der Waals surface area contributed by atoms with Gasteiger partial charge in [-0.3, -0.25) is 9.59 Å². The van der Waals surface area contributed by atoms with E-state index in [9.17, 15) is 19.5 Å². The number of carbonyl (C=O) groups excluding carboxylic acids is 1. The number of halogens is 1. The molecule has 0 amide bonds. The van der Waals surface area contributed by atoms with Gasteiger partial charge in [-0.2, -0.15) is 0 Å². The van der Waals surface area contributed by atoms with Crippen LogP contribution < -0.4 is 15.1 Å². The Kier molecular flexibility index (Phi) is 5.13. The second-order valence-electron chi connectivity index (χ2n) is 7.69. The van der Waals surface area contributed by atoms with Crippen molar-refractivity contribution in [3.05, 3.63) is 33.9 Å². The van der Waals surface area contributed by atoms with Gasteiger partial charge in [0.1, 0.15) is 17.9 Å². The maximum absolute atomic E-state index is 15.2. The largest absolute Gasteiger partial charge is 0.487 e. The zero-order chi connectivity index (χ0) is 21.6. The number of anilines is 1. The van der Waals surface area contributed by atoms with E-state index in [0.29, 0.717) is 38.1 Å². The van der Waals surface area contributed by atoms with Crippen LogP contribution in [0.25, 0.3) is 10.9 Å². The first-order valence-corrected chi connectivity index (χ1v) is 10.0. The quantitative estimate of drug-likeness (QED) is 0.762. The Morgan fingerprint density at radius 3 is 2.67 bits per heavy atom. The van der Waals surface area contributed by atoms with Gasteiger partial charge in [-0.15, -0.1) is 0 Å². The van der Waals surface area contributed by atoms with Crippen molar-refractivity contribution in [1.82, 2.24) is 4.57 Å². The van der Waals surface area contributed by atoms with Crippen LogP contribution in [0, 0.1) is 11.7 Å². The van der Waals surface area contributed by atoms with Crippen LogP contribution >= 0.6 is 0 Å². The minimum absolute atomic E-state index is 0.0147. The highest BCUT2D eigenvalue weighted by molar-refractivity contribution is 5.97. The van der Waals surface area contributed by atoms with Gasteiger partial charge in [0.15, 0.2) is 11.6 Å². The van der Waals surface area contributed by atoms with Gasteiger partial charge in [-0.25, -0.2) is 9.18 Å². The molecule has 3 heterocycles. The summed E-state index contributed by atoms with van der Waals surface area (Å²) in [5.74, 6) is -2.22. The molecule has 1 N–H and O–H groups in total. The molecule has 160 valence electrons. The number of piperidine rings is 1. The fourth-order valence-corrected chi connectivity index (χ4v) is 4.26. The predicted molar refractivity (Wildman–Crippen MR) is 107 cm³/mol. The first kappa shape index (κ1) is 20.2. The molecule has 1 saturated heterocycles. The Labute approximate surface area is 171 Å². The number of carboxylic acids is 1. The Morgan fingerprint density at radius 2 is 2.03 bits per heavy atom. The lowest BCUT2D eigenvalue weighted by molar-refractivity contribution is -0.148. The molecule has 4 rings (SSSR count). The van der Waals surface area contributed by atoms with Crippen molar-refractivity contribution in [2.75, 3.05) is 31.2 Å². The minimum Gasteiger partial charge on any atom is -0.487 e. The number of aromatic nitrogens is 1. The summed E-state index contributed by atoms with van der Waals surface area (Å²) in [5.41, 5.74) is -0.496. The zero-order valence-electron chi connectivity index (χ0n) is 16.8. The zero-order valence-corrected chi connectivity index (χ0v) is 16.8. The number of nitrogens with zero attached hydrogens (tertiary/aromatic N) is 2. The monoisotopic (exact) mass is 418 g/mol. The van der Waals surface area contributed by atoms with Gasteiger partial charge in [0, 0.05) is 19.3 Å². The smallest absolute Gasteiger partial charge is 0.341 e. The fourth-order valence-electron chi connectivity index (χ4n) is 4.26. The molecule has 30 heavy (non-hydrogen) atoms. The topological polar surface area (TPSA) is 98.1 Å². The van der Waals surface area contributed by atoms with E-state index in [1.54, 1.807) is 11.5 Å². The highest BCUT2D eigenvalue weighted by Crippen LogP contribution is 2.42. The van der Waals surface area contributed by atoms with Gasteiger partial charge in [0.2, 0.25) is 5.43 Å². The summed E-state index contributed by atoms with van der Waals surface area (Å²) in [6.07, 6.45) is 2.35. The molecule has 0 radical (unpaired) electrons. The number of pyridine rings is 1. The van der Waals surface area contributed by atoms with Crippen molar-refractivity contribution < 1.29 is 28.6 Å². The van der Waals surface area contributed by atoms with Crippen LogP contribution in [0.1, 0.15) is 43.1 Å². The summed E-state index contributed by atoms with van der Waals surface area (Å²) >= 11 is 0. The number of aromatic carboxylic acids is 1. The van der Waals surface area contributed by atoms with Crippen molar-refractivity contribution in [1.29, 1.82) is 0 Å². The van der Waals surface area contributed by atoms with E-state index >= 15 is 4.39 Å². The summed E-state index contributed by atoms with van der Waals surface area (Å²) in [4.78, 5) is 38.0. The van der Waals surface area contributed by atoms with E-state index < -0.39 is 22.8 Å². The first-order chi connectivity index (χ1) is 14.3. The Hall–Kier alpha value is -3.10. The number of benzene rings is 1. The van der Waals surface area contributed by atoms with Crippen LogP contribution in [0.3, 0.4) is 0 Å². The lowest BCUT2D eigenvalue weighted by Crippen LogP contribution is -2.38. The van der Waals surface area contributed by atoms with Crippen LogP contribution in [0.2, 0.25) is 0 Å². The van der Waals surface area contributed by atoms with Crippen molar-refractivity contribution in [3.8, 4) is 5.75 Å². The highest BCUT2D eigenvalue weighted by Gasteiger charge is 2.33. The molecule has 1 atom stereocenters. The SMILES string of the molecule is CCOC(=O)C1CCN(c2c(F)cc3c(=O)c(C(=O)O)cn4c3c2OCC4C)CC1. The molecule has 0 spiro atoms. The van der Waals surface area contributed by atoms with Crippen molar-refractivity contribution >= 4 is 28.5 Å². The van der Waals surface area contributed by atoms with Gasteiger partial charge in [0.25, 0.3) is 0 Å². The number of hydrogen-bond acceptors (Lipinski definition) is 6. The Bertz CT molecular complexity index is 1090. The standard InChI is InChI=1S/C21H23FN2O6/c1-3-29-21(28)12-4-6-23(7-5-12)17-15(22)8-13-16-19(17)30-10-11(2)24(16)9-14(18(13)25)20(26)27/h8-9,11-12H,3-7,10H2,1-2H3,(H,26,27). The number of carboxylic acid groups (broad SMARTS) is 1. The Morgan fingerprint density at radius 1 is 1.33 bits per heavy atom. The number of esters is 1. The van der Waals surface area contributed by atoms with E-state index in [1.165, 1.54) is 6.20 Å². The van der Waals surface area contributed by atoms with Gasteiger partial charge in [-0.05, 0) is 32.8 Å². The maximum atomic E-state index is 15.2. The third kappa shape index (κ3) is 3.18. The van der Waals surface area contributed by atoms with E-state index in [4.69, 9.17) is 9.47 Å². The van der Waals surface area contributed by atoms with E-state index in [-0.39, 0.29) is 41.4 Å². The highest BCUT2D eigenvalue weighted by atomic mass is 19.1. The summed E-state index contributed by atoms with van der Waals surface area (Å²) < 4.78 is 27.8.